The van der Waals surface area contributed by atoms with Gasteiger partial charge in [0.2, 0.25) is 5.91 Å². The number of carbonyl (C=O) groups excluding carboxylic acids is 1. The number of hydrogen-bond donors (Lipinski definition) is 1. The van der Waals surface area contributed by atoms with Crippen LogP contribution in [0.3, 0.4) is 0 Å². The van der Waals surface area contributed by atoms with Gasteiger partial charge < -0.3 is 5.32 Å². The molecule has 2 heterocycles. The fourth-order valence-corrected chi connectivity index (χ4v) is 3.15. The zero-order chi connectivity index (χ0) is 20.3. The summed E-state index contributed by atoms with van der Waals surface area (Å²) in [4.78, 5) is 20.3. The molecule has 0 fully saturated rings. The smallest absolute Gasteiger partial charge is 0.325 e. The monoisotopic (exact) mass is 427 g/mol. The molecule has 3 rings (SSSR count). The molecular weight excluding hydrogens is 415 g/mol. The Labute approximate surface area is 167 Å². The lowest BCUT2D eigenvalue weighted by Gasteiger charge is -2.14. The van der Waals surface area contributed by atoms with E-state index < -0.39 is 17.6 Å². The normalized spacial score (nSPS) is 11.5. The summed E-state index contributed by atoms with van der Waals surface area (Å²) in [6, 6.07) is 6.63. The summed E-state index contributed by atoms with van der Waals surface area (Å²) in [7, 11) is 0. The molecule has 0 spiro atoms. The maximum absolute atomic E-state index is 13.1. The molecule has 0 atom stereocenters. The van der Waals surface area contributed by atoms with E-state index in [4.69, 9.17) is 11.6 Å². The van der Waals surface area contributed by atoms with E-state index in [2.05, 4.69) is 20.4 Å². The molecule has 0 unspecified atom stereocenters. The summed E-state index contributed by atoms with van der Waals surface area (Å²) in [5, 5.41) is 6.83. The number of aryl methyl sites for hydroxylation is 1. The van der Waals surface area contributed by atoms with E-state index in [1.54, 1.807) is 16.9 Å². The van der Waals surface area contributed by atoms with Crippen molar-refractivity contribution < 1.29 is 18.0 Å². The number of amides is 1. The maximum atomic E-state index is 13.1. The first kappa shape index (κ1) is 20.2. The molecule has 0 aliphatic carbocycles. The molecule has 0 radical (unpaired) electrons. The van der Waals surface area contributed by atoms with Crippen LogP contribution < -0.4 is 5.32 Å². The van der Waals surface area contributed by atoms with Gasteiger partial charge in [-0.25, -0.2) is 14.6 Å². The van der Waals surface area contributed by atoms with Gasteiger partial charge in [-0.15, -0.1) is 0 Å². The van der Waals surface area contributed by atoms with Gasteiger partial charge in [0.25, 0.3) is 0 Å². The van der Waals surface area contributed by atoms with Crippen LogP contribution in [-0.4, -0.2) is 31.4 Å². The molecule has 11 heteroatoms. The van der Waals surface area contributed by atoms with Crippen molar-refractivity contribution in [2.75, 3.05) is 11.1 Å². The minimum atomic E-state index is -4.64. The molecule has 3 aromatic rings. The first-order valence-electron chi connectivity index (χ1n) is 7.86. The average Bonchev–Trinajstić information content (AvgIpc) is 3.07. The zero-order valence-corrected chi connectivity index (χ0v) is 15.9. The number of rotatable bonds is 5. The van der Waals surface area contributed by atoms with Crippen molar-refractivity contribution in [3.63, 3.8) is 0 Å². The van der Waals surface area contributed by atoms with Gasteiger partial charge in [-0.3, -0.25) is 4.79 Å². The quantitative estimate of drug-likeness (QED) is 0.483. The van der Waals surface area contributed by atoms with Gasteiger partial charge in [-0.2, -0.15) is 18.3 Å². The number of aromatic nitrogens is 4. The second kappa shape index (κ2) is 8.19. The van der Waals surface area contributed by atoms with Crippen molar-refractivity contribution >= 4 is 35.0 Å². The highest BCUT2D eigenvalue weighted by Crippen LogP contribution is 2.36. The molecule has 1 amide bonds. The molecule has 0 bridgehead atoms. The highest BCUT2D eigenvalue weighted by Gasteiger charge is 2.34. The largest absolute Gasteiger partial charge is 0.418 e. The fraction of sp³-hybridized carbons (Fsp3) is 0.176. The van der Waals surface area contributed by atoms with Gasteiger partial charge in [0.05, 0.1) is 17.0 Å². The maximum Gasteiger partial charge on any atom is 0.418 e. The Morgan fingerprint density at radius 3 is 2.71 bits per heavy atom. The van der Waals surface area contributed by atoms with Crippen LogP contribution in [0.25, 0.3) is 5.82 Å². The Morgan fingerprint density at radius 1 is 1.25 bits per heavy atom. The van der Waals surface area contributed by atoms with Crippen LogP contribution >= 0.6 is 23.4 Å². The summed E-state index contributed by atoms with van der Waals surface area (Å²) >= 11 is 6.70. The van der Waals surface area contributed by atoms with E-state index in [-0.39, 0.29) is 16.5 Å². The number of thioether (sulfide) groups is 1. The summed E-state index contributed by atoms with van der Waals surface area (Å²) in [5.41, 5.74) is -0.482. The Hall–Kier alpha value is -2.59. The van der Waals surface area contributed by atoms with Crippen molar-refractivity contribution in [1.82, 2.24) is 19.7 Å². The van der Waals surface area contributed by atoms with Crippen LogP contribution in [0, 0.1) is 6.92 Å². The first-order chi connectivity index (χ1) is 13.2. The Balaban J connectivity index is 1.68. The number of halogens is 4. The summed E-state index contributed by atoms with van der Waals surface area (Å²) in [6.45, 7) is 1.86. The van der Waals surface area contributed by atoms with E-state index >= 15 is 0 Å². The Kier molecular flexibility index (Phi) is 5.90. The molecule has 1 N–H and O–H groups in total. The van der Waals surface area contributed by atoms with Crippen molar-refractivity contribution in [3.8, 4) is 5.82 Å². The second-order valence-electron chi connectivity index (χ2n) is 5.62. The van der Waals surface area contributed by atoms with Gasteiger partial charge in [-0.1, -0.05) is 23.4 Å². The summed E-state index contributed by atoms with van der Waals surface area (Å²) in [5.74, 6) is -0.209. The first-order valence-corrected chi connectivity index (χ1v) is 9.23. The van der Waals surface area contributed by atoms with Gasteiger partial charge in [0.1, 0.15) is 11.4 Å². The summed E-state index contributed by atoms with van der Waals surface area (Å²) in [6.07, 6.45) is -1.68. The molecule has 2 aromatic heterocycles. The Bertz CT molecular complexity index is 1010. The third kappa shape index (κ3) is 4.82. The number of hydrogen-bond acceptors (Lipinski definition) is 5. The lowest BCUT2D eigenvalue weighted by molar-refractivity contribution is -0.137. The number of carbonyl (C=O) groups is 1. The standard InChI is InChI=1S/C17H13ClF3N5OS/c1-10-4-5-24-26(10)14-7-16(23-9-22-14)28-8-15(27)25-13-3-2-11(18)6-12(13)17(19,20)21/h2-7,9H,8H2,1H3,(H,25,27). The fourth-order valence-electron chi connectivity index (χ4n) is 2.32. The van der Waals surface area contributed by atoms with E-state index in [9.17, 15) is 18.0 Å². The Morgan fingerprint density at radius 2 is 2.04 bits per heavy atom. The van der Waals surface area contributed by atoms with Crippen LogP contribution in [0.15, 0.2) is 47.9 Å². The van der Waals surface area contributed by atoms with Crippen LogP contribution in [0.4, 0.5) is 18.9 Å². The van der Waals surface area contributed by atoms with Crippen molar-refractivity contribution in [1.29, 1.82) is 0 Å². The minimum absolute atomic E-state index is 0.0675. The van der Waals surface area contributed by atoms with Crippen molar-refractivity contribution in [2.24, 2.45) is 0 Å². The molecule has 0 aliphatic heterocycles. The molecule has 0 aliphatic rings. The number of alkyl halides is 3. The highest BCUT2D eigenvalue weighted by molar-refractivity contribution is 7.99. The molecule has 0 saturated carbocycles. The lowest BCUT2D eigenvalue weighted by atomic mass is 10.1. The SMILES string of the molecule is Cc1ccnn1-c1cc(SCC(=O)Nc2ccc(Cl)cc2C(F)(F)F)ncn1. The molecule has 1 aromatic carbocycles. The van der Waals surface area contributed by atoms with Crippen LogP contribution in [0.1, 0.15) is 11.3 Å². The van der Waals surface area contributed by atoms with E-state index in [1.807, 2.05) is 13.0 Å². The van der Waals surface area contributed by atoms with Crippen LogP contribution in [0.5, 0.6) is 0 Å². The van der Waals surface area contributed by atoms with E-state index in [0.29, 0.717) is 10.8 Å². The third-order valence-electron chi connectivity index (χ3n) is 3.59. The van der Waals surface area contributed by atoms with Crippen molar-refractivity contribution in [3.05, 3.63) is 59.1 Å². The number of nitrogens with one attached hydrogen (secondary N) is 1. The lowest BCUT2D eigenvalue weighted by Crippen LogP contribution is -2.18. The second-order valence-corrected chi connectivity index (χ2v) is 7.06. The van der Waals surface area contributed by atoms with Gasteiger partial charge in [0, 0.05) is 23.0 Å². The average molecular weight is 428 g/mol. The summed E-state index contributed by atoms with van der Waals surface area (Å²) < 4.78 is 40.9. The molecule has 0 saturated heterocycles. The number of anilines is 1. The van der Waals surface area contributed by atoms with E-state index in [1.165, 1.54) is 12.4 Å². The predicted octanol–water partition coefficient (Wildman–Crippen LogP) is 4.37. The van der Waals surface area contributed by atoms with E-state index in [0.717, 1.165) is 29.6 Å². The van der Waals surface area contributed by atoms with Gasteiger partial charge in [-0.05, 0) is 31.2 Å². The molecule has 146 valence electrons. The molecular formula is C17H13ClF3N5OS. The zero-order valence-electron chi connectivity index (χ0n) is 14.4. The van der Waals surface area contributed by atoms with Gasteiger partial charge in [0.15, 0.2) is 5.82 Å². The minimum Gasteiger partial charge on any atom is -0.325 e. The number of benzene rings is 1. The van der Waals surface area contributed by atoms with Crippen LogP contribution in [-0.2, 0) is 11.0 Å². The van der Waals surface area contributed by atoms with Crippen molar-refractivity contribution in [2.45, 2.75) is 18.1 Å². The molecule has 28 heavy (non-hydrogen) atoms. The predicted molar refractivity (Wildman–Crippen MR) is 99.7 cm³/mol. The topological polar surface area (TPSA) is 72.7 Å². The van der Waals surface area contributed by atoms with Gasteiger partial charge >= 0.3 is 6.18 Å². The van der Waals surface area contributed by atoms with Crippen LogP contribution in [0.2, 0.25) is 5.02 Å². The number of nitrogens with zero attached hydrogens (tertiary/aromatic N) is 4. The molecule has 6 nitrogen and oxygen atoms in total. The third-order valence-corrected chi connectivity index (χ3v) is 4.75. The highest BCUT2D eigenvalue weighted by atomic mass is 35.5.